The molecule has 0 aliphatic heterocycles. The van der Waals surface area contributed by atoms with Gasteiger partial charge < -0.3 is 0 Å². The third-order valence-electron chi connectivity index (χ3n) is 4.44. The molecule has 0 atom stereocenters. The number of aryl methyl sites for hydroxylation is 1. The van der Waals surface area contributed by atoms with Crippen LogP contribution in [0.15, 0.2) is 30.6 Å². The van der Waals surface area contributed by atoms with Crippen molar-refractivity contribution < 1.29 is 4.79 Å². The summed E-state index contributed by atoms with van der Waals surface area (Å²) < 4.78 is 1.77. The fourth-order valence-electron chi connectivity index (χ4n) is 3.12. The van der Waals surface area contributed by atoms with Crippen molar-refractivity contribution in [2.75, 3.05) is 0 Å². The molecule has 4 heterocycles. The Labute approximate surface area is 142 Å². The fourth-order valence-corrected chi connectivity index (χ4v) is 3.99. The highest BCUT2D eigenvalue weighted by molar-refractivity contribution is 7.20. The van der Waals surface area contributed by atoms with Crippen molar-refractivity contribution >= 4 is 38.9 Å². The van der Waals surface area contributed by atoms with Gasteiger partial charge in [0.1, 0.15) is 4.83 Å². The van der Waals surface area contributed by atoms with Gasteiger partial charge in [-0.05, 0) is 36.6 Å². The first-order valence-corrected chi connectivity index (χ1v) is 8.72. The molecule has 1 aliphatic carbocycles. The van der Waals surface area contributed by atoms with Crippen LogP contribution in [0.2, 0.25) is 0 Å². The number of aldehydes is 1. The monoisotopic (exact) mass is 334 g/mol. The van der Waals surface area contributed by atoms with E-state index < -0.39 is 0 Å². The summed E-state index contributed by atoms with van der Waals surface area (Å²) in [4.78, 5) is 22.1. The molecule has 0 N–H and O–H groups in total. The molecule has 5 rings (SSSR count). The molecular formula is C18H14N4OS. The van der Waals surface area contributed by atoms with Crippen LogP contribution in [0.4, 0.5) is 0 Å². The summed E-state index contributed by atoms with van der Waals surface area (Å²) in [6.07, 6.45) is 7.12. The molecule has 0 aromatic carbocycles. The number of hydrogen-bond donors (Lipinski definition) is 0. The highest BCUT2D eigenvalue weighted by Crippen LogP contribution is 2.43. The number of pyridine rings is 2. The molecule has 0 radical (unpaired) electrons. The van der Waals surface area contributed by atoms with Gasteiger partial charge in [0.15, 0.2) is 11.9 Å². The predicted octanol–water partition coefficient (Wildman–Crippen LogP) is 3.93. The number of hydrogen-bond acceptors (Lipinski definition) is 5. The summed E-state index contributed by atoms with van der Waals surface area (Å²) >= 11 is 1.46. The minimum Gasteiger partial charge on any atom is -0.297 e. The van der Waals surface area contributed by atoms with Crippen molar-refractivity contribution in [2.24, 2.45) is 7.05 Å². The lowest BCUT2D eigenvalue weighted by Gasteiger charge is -2.06. The predicted molar refractivity (Wildman–Crippen MR) is 94.5 cm³/mol. The number of thiophene rings is 1. The van der Waals surface area contributed by atoms with E-state index in [1.54, 1.807) is 4.68 Å². The number of carbonyl (C=O) groups excluding carboxylic acids is 1. The topological polar surface area (TPSA) is 60.7 Å². The van der Waals surface area contributed by atoms with Crippen LogP contribution in [0.1, 0.15) is 34.1 Å². The maximum Gasteiger partial charge on any atom is 0.181 e. The zero-order valence-corrected chi connectivity index (χ0v) is 13.9. The zero-order chi connectivity index (χ0) is 16.3. The van der Waals surface area contributed by atoms with Crippen LogP contribution in [0.3, 0.4) is 0 Å². The van der Waals surface area contributed by atoms with Gasteiger partial charge in [0.25, 0.3) is 0 Å². The van der Waals surface area contributed by atoms with E-state index in [-0.39, 0.29) is 0 Å². The highest BCUT2D eigenvalue weighted by Gasteiger charge is 2.26. The smallest absolute Gasteiger partial charge is 0.181 e. The Morgan fingerprint density at radius 1 is 1.29 bits per heavy atom. The summed E-state index contributed by atoms with van der Waals surface area (Å²) in [5.41, 5.74) is 4.01. The zero-order valence-electron chi connectivity index (χ0n) is 13.1. The Morgan fingerprint density at radius 2 is 2.17 bits per heavy atom. The van der Waals surface area contributed by atoms with Gasteiger partial charge in [-0.2, -0.15) is 5.10 Å². The average molecular weight is 334 g/mol. The fraction of sp³-hybridized carbons (Fsp3) is 0.222. The molecule has 1 aliphatic rings. The largest absolute Gasteiger partial charge is 0.297 e. The van der Waals surface area contributed by atoms with Crippen LogP contribution in [0, 0.1) is 0 Å². The molecule has 4 aromatic rings. The molecule has 6 heteroatoms. The quantitative estimate of drug-likeness (QED) is 0.533. The van der Waals surface area contributed by atoms with Gasteiger partial charge in [-0.3, -0.25) is 9.48 Å². The van der Waals surface area contributed by atoms with E-state index in [1.165, 1.54) is 24.2 Å². The SMILES string of the molecule is Cn1cc2cc(-c3cc(C4CC4)nc4sc(C=O)cc34)cnc2n1. The first kappa shape index (κ1) is 13.8. The van der Waals surface area contributed by atoms with Gasteiger partial charge in [-0.15, -0.1) is 11.3 Å². The first-order chi connectivity index (χ1) is 11.7. The van der Waals surface area contributed by atoms with Crippen molar-refractivity contribution in [3.63, 3.8) is 0 Å². The van der Waals surface area contributed by atoms with E-state index >= 15 is 0 Å². The number of rotatable bonds is 3. The summed E-state index contributed by atoms with van der Waals surface area (Å²) in [7, 11) is 1.90. The Balaban J connectivity index is 1.78. The molecule has 0 unspecified atom stereocenters. The van der Waals surface area contributed by atoms with Crippen molar-refractivity contribution in [3.8, 4) is 11.1 Å². The van der Waals surface area contributed by atoms with E-state index in [1.807, 2.05) is 25.5 Å². The highest BCUT2D eigenvalue weighted by atomic mass is 32.1. The molecule has 4 aromatic heterocycles. The molecule has 1 fully saturated rings. The Kier molecular flexibility index (Phi) is 2.84. The van der Waals surface area contributed by atoms with E-state index in [2.05, 4.69) is 22.2 Å². The number of aromatic nitrogens is 4. The summed E-state index contributed by atoms with van der Waals surface area (Å²) in [5, 5.41) is 6.37. The van der Waals surface area contributed by atoms with Crippen LogP contribution in [-0.4, -0.2) is 26.0 Å². The molecule has 1 saturated carbocycles. The Bertz CT molecular complexity index is 1110. The Hall–Kier alpha value is -2.60. The van der Waals surface area contributed by atoms with Crippen LogP contribution in [0.5, 0.6) is 0 Å². The molecule has 5 nitrogen and oxygen atoms in total. The van der Waals surface area contributed by atoms with Crippen molar-refractivity contribution in [2.45, 2.75) is 18.8 Å². The molecule has 0 spiro atoms. The average Bonchev–Trinajstić information content (AvgIpc) is 3.24. The molecule has 118 valence electrons. The van der Waals surface area contributed by atoms with Crippen LogP contribution in [0.25, 0.3) is 32.4 Å². The van der Waals surface area contributed by atoms with E-state index in [4.69, 9.17) is 4.98 Å². The van der Waals surface area contributed by atoms with E-state index in [0.29, 0.717) is 10.8 Å². The third kappa shape index (κ3) is 2.14. The molecule has 0 saturated heterocycles. The first-order valence-electron chi connectivity index (χ1n) is 7.91. The molecular weight excluding hydrogens is 320 g/mol. The molecule has 0 bridgehead atoms. The maximum absolute atomic E-state index is 11.2. The summed E-state index contributed by atoms with van der Waals surface area (Å²) in [6, 6.07) is 6.21. The van der Waals surface area contributed by atoms with Gasteiger partial charge in [-0.1, -0.05) is 0 Å². The second kappa shape index (κ2) is 4.95. The standard InChI is InChI=1S/C18H14N4OS/c1-22-8-12-4-11(7-19-17(12)21-22)14-6-16(10-2-3-10)20-18-15(14)5-13(9-23)24-18/h4-10H,2-3H2,1H3. The van der Waals surface area contributed by atoms with Gasteiger partial charge >= 0.3 is 0 Å². The number of carbonyl (C=O) groups is 1. The van der Waals surface area contributed by atoms with Gasteiger partial charge in [0.05, 0.1) is 4.88 Å². The Morgan fingerprint density at radius 3 is 2.96 bits per heavy atom. The minimum absolute atomic E-state index is 0.560. The number of fused-ring (bicyclic) bond motifs is 2. The van der Waals surface area contributed by atoms with Gasteiger partial charge in [0, 0.05) is 47.4 Å². The summed E-state index contributed by atoms with van der Waals surface area (Å²) in [5.74, 6) is 0.560. The van der Waals surface area contributed by atoms with Gasteiger partial charge in [-0.25, -0.2) is 9.97 Å². The lowest BCUT2D eigenvalue weighted by atomic mass is 10.0. The summed E-state index contributed by atoms with van der Waals surface area (Å²) in [6.45, 7) is 0. The lowest BCUT2D eigenvalue weighted by Crippen LogP contribution is -1.90. The van der Waals surface area contributed by atoms with Crippen LogP contribution >= 0.6 is 11.3 Å². The van der Waals surface area contributed by atoms with Crippen molar-refractivity contribution in [1.29, 1.82) is 0 Å². The third-order valence-corrected chi connectivity index (χ3v) is 5.40. The van der Waals surface area contributed by atoms with Crippen LogP contribution in [-0.2, 0) is 7.05 Å². The lowest BCUT2D eigenvalue weighted by molar-refractivity contribution is 0.112. The van der Waals surface area contributed by atoms with E-state index in [9.17, 15) is 4.79 Å². The minimum atomic E-state index is 0.560. The number of nitrogens with zero attached hydrogens (tertiary/aromatic N) is 4. The molecule has 0 amide bonds. The van der Waals surface area contributed by atoms with Crippen molar-refractivity contribution in [1.82, 2.24) is 19.7 Å². The van der Waals surface area contributed by atoms with E-state index in [0.717, 1.165) is 44.4 Å². The second-order valence-electron chi connectivity index (χ2n) is 6.29. The second-order valence-corrected chi connectivity index (χ2v) is 7.36. The van der Waals surface area contributed by atoms with Crippen molar-refractivity contribution in [3.05, 3.63) is 41.2 Å². The maximum atomic E-state index is 11.2. The van der Waals surface area contributed by atoms with Gasteiger partial charge in [0.2, 0.25) is 0 Å². The van der Waals surface area contributed by atoms with Crippen LogP contribution < -0.4 is 0 Å². The normalized spacial score (nSPS) is 14.5. The molecule has 24 heavy (non-hydrogen) atoms.